The van der Waals surface area contributed by atoms with Crippen LogP contribution in [0, 0.1) is 0 Å². The predicted molar refractivity (Wildman–Crippen MR) is 69.2 cm³/mol. The lowest BCUT2D eigenvalue weighted by atomic mass is 10.3. The molecular weight excluding hydrogens is 232 g/mol. The van der Waals surface area contributed by atoms with E-state index in [9.17, 15) is 4.79 Å². The molecular formula is C11H22N6O. The summed E-state index contributed by atoms with van der Waals surface area (Å²) in [4.78, 5) is 13.8. The third-order valence-electron chi connectivity index (χ3n) is 2.45. The Balaban J connectivity index is 2.23. The van der Waals surface area contributed by atoms with Crippen LogP contribution in [0.3, 0.4) is 0 Å². The number of carbonyl (C=O) groups is 1. The molecule has 0 aromatic carbocycles. The molecule has 0 aliphatic heterocycles. The lowest BCUT2D eigenvalue weighted by molar-refractivity contribution is 0.0947. The molecule has 1 aromatic rings. The molecule has 0 aliphatic rings. The van der Waals surface area contributed by atoms with Crippen molar-refractivity contribution in [3.8, 4) is 0 Å². The highest BCUT2D eigenvalue weighted by atomic mass is 16.2. The second kappa shape index (κ2) is 7.78. The average molecular weight is 254 g/mol. The molecule has 1 aromatic heterocycles. The number of nitrogens with two attached hydrogens (primary N) is 1. The number of amides is 1. The zero-order valence-electron chi connectivity index (χ0n) is 11.1. The summed E-state index contributed by atoms with van der Waals surface area (Å²) in [5, 5.41) is 10.4. The molecule has 0 radical (unpaired) electrons. The fourth-order valence-electron chi connectivity index (χ4n) is 1.49. The summed E-state index contributed by atoms with van der Waals surface area (Å²) in [6.45, 7) is 2.75. The molecule has 0 unspecified atom stereocenters. The molecule has 1 heterocycles. The number of unbranched alkanes of at least 4 members (excludes halogenated alkanes) is 1. The SMILES string of the molecule is CN(C)CCCCNC(=O)c1cn(CCN)nn1. The molecule has 0 atom stereocenters. The molecule has 7 heteroatoms. The Morgan fingerprint density at radius 1 is 1.50 bits per heavy atom. The first-order chi connectivity index (χ1) is 8.63. The summed E-state index contributed by atoms with van der Waals surface area (Å²) in [5.41, 5.74) is 5.73. The van der Waals surface area contributed by atoms with Crippen LogP contribution in [0.1, 0.15) is 23.3 Å². The van der Waals surface area contributed by atoms with Gasteiger partial charge in [-0.3, -0.25) is 9.48 Å². The molecule has 0 bridgehead atoms. The number of aromatic nitrogens is 3. The van der Waals surface area contributed by atoms with E-state index >= 15 is 0 Å². The largest absolute Gasteiger partial charge is 0.351 e. The van der Waals surface area contributed by atoms with Gasteiger partial charge >= 0.3 is 0 Å². The second-order valence-electron chi connectivity index (χ2n) is 4.42. The lowest BCUT2D eigenvalue weighted by Crippen LogP contribution is -2.25. The van der Waals surface area contributed by atoms with Gasteiger partial charge in [-0.1, -0.05) is 5.21 Å². The Morgan fingerprint density at radius 2 is 2.28 bits per heavy atom. The van der Waals surface area contributed by atoms with Crippen LogP contribution >= 0.6 is 0 Å². The van der Waals surface area contributed by atoms with E-state index in [-0.39, 0.29) is 5.91 Å². The van der Waals surface area contributed by atoms with Gasteiger partial charge in [0.25, 0.3) is 5.91 Å². The van der Waals surface area contributed by atoms with E-state index in [1.54, 1.807) is 10.9 Å². The zero-order chi connectivity index (χ0) is 13.4. The number of nitrogens with zero attached hydrogens (tertiary/aromatic N) is 4. The molecule has 0 aliphatic carbocycles. The smallest absolute Gasteiger partial charge is 0.273 e. The number of rotatable bonds is 8. The highest BCUT2D eigenvalue weighted by molar-refractivity contribution is 5.91. The minimum Gasteiger partial charge on any atom is -0.351 e. The second-order valence-corrected chi connectivity index (χ2v) is 4.42. The van der Waals surface area contributed by atoms with Crippen LogP contribution in [0.5, 0.6) is 0 Å². The normalized spacial score (nSPS) is 10.9. The number of nitrogens with one attached hydrogen (secondary N) is 1. The first-order valence-electron chi connectivity index (χ1n) is 6.16. The lowest BCUT2D eigenvalue weighted by Gasteiger charge is -2.08. The predicted octanol–water partition coefficient (Wildman–Crippen LogP) is -0.692. The summed E-state index contributed by atoms with van der Waals surface area (Å²) in [6.07, 6.45) is 3.63. The van der Waals surface area contributed by atoms with Gasteiger partial charge < -0.3 is 16.0 Å². The third kappa shape index (κ3) is 5.24. The minimum atomic E-state index is -0.178. The van der Waals surface area contributed by atoms with Crippen molar-refractivity contribution in [1.82, 2.24) is 25.2 Å². The Morgan fingerprint density at radius 3 is 2.94 bits per heavy atom. The van der Waals surface area contributed by atoms with Crippen LogP contribution in [-0.4, -0.2) is 59.5 Å². The van der Waals surface area contributed by atoms with Gasteiger partial charge in [-0.05, 0) is 33.5 Å². The van der Waals surface area contributed by atoms with E-state index in [1.807, 2.05) is 14.1 Å². The summed E-state index contributed by atoms with van der Waals surface area (Å²) >= 11 is 0. The van der Waals surface area contributed by atoms with Gasteiger partial charge in [0.1, 0.15) is 0 Å². The van der Waals surface area contributed by atoms with Gasteiger partial charge in [-0.25, -0.2) is 0 Å². The maximum Gasteiger partial charge on any atom is 0.273 e. The topological polar surface area (TPSA) is 89.1 Å². The summed E-state index contributed by atoms with van der Waals surface area (Å²) in [7, 11) is 4.07. The zero-order valence-corrected chi connectivity index (χ0v) is 11.1. The summed E-state index contributed by atoms with van der Waals surface area (Å²) in [5.74, 6) is -0.178. The first kappa shape index (κ1) is 14.6. The Hall–Kier alpha value is -1.47. The van der Waals surface area contributed by atoms with Crippen molar-refractivity contribution >= 4 is 5.91 Å². The molecule has 0 saturated heterocycles. The molecule has 1 rings (SSSR count). The van der Waals surface area contributed by atoms with Crippen LogP contribution in [0.2, 0.25) is 0 Å². The van der Waals surface area contributed by atoms with E-state index in [1.165, 1.54) is 0 Å². The highest BCUT2D eigenvalue weighted by Crippen LogP contribution is 1.94. The van der Waals surface area contributed by atoms with E-state index < -0.39 is 0 Å². The van der Waals surface area contributed by atoms with Crippen molar-refractivity contribution in [2.75, 3.05) is 33.7 Å². The van der Waals surface area contributed by atoms with Crippen molar-refractivity contribution in [2.24, 2.45) is 5.73 Å². The standard InChI is InChI=1S/C11H22N6O/c1-16(2)7-4-3-6-13-11(18)10-9-17(8-5-12)15-14-10/h9H,3-8,12H2,1-2H3,(H,13,18). The fourth-order valence-corrected chi connectivity index (χ4v) is 1.49. The van der Waals surface area contributed by atoms with E-state index in [0.717, 1.165) is 19.4 Å². The Kier molecular flexibility index (Phi) is 6.31. The Bertz CT molecular complexity index is 362. The van der Waals surface area contributed by atoms with E-state index in [0.29, 0.717) is 25.3 Å². The van der Waals surface area contributed by atoms with Gasteiger partial charge in [0.2, 0.25) is 0 Å². The van der Waals surface area contributed by atoms with Crippen LogP contribution in [0.4, 0.5) is 0 Å². The van der Waals surface area contributed by atoms with Gasteiger partial charge in [0.05, 0.1) is 12.7 Å². The number of hydrogen-bond acceptors (Lipinski definition) is 5. The minimum absolute atomic E-state index is 0.178. The molecule has 7 nitrogen and oxygen atoms in total. The first-order valence-corrected chi connectivity index (χ1v) is 6.16. The monoisotopic (exact) mass is 254 g/mol. The average Bonchev–Trinajstić information content (AvgIpc) is 2.77. The maximum atomic E-state index is 11.7. The molecule has 0 fully saturated rings. The van der Waals surface area contributed by atoms with E-state index in [4.69, 9.17) is 5.73 Å². The van der Waals surface area contributed by atoms with Crippen molar-refractivity contribution < 1.29 is 4.79 Å². The molecule has 1 amide bonds. The maximum absolute atomic E-state index is 11.7. The van der Waals surface area contributed by atoms with Crippen molar-refractivity contribution in [3.63, 3.8) is 0 Å². The van der Waals surface area contributed by atoms with Crippen LogP contribution in [0.15, 0.2) is 6.20 Å². The Labute approximate surface area is 107 Å². The summed E-state index contributed by atoms with van der Waals surface area (Å²) in [6, 6.07) is 0. The molecule has 0 spiro atoms. The molecule has 18 heavy (non-hydrogen) atoms. The molecule has 3 N–H and O–H groups in total. The quantitative estimate of drug-likeness (QED) is 0.599. The number of hydrogen-bond donors (Lipinski definition) is 2. The van der Waals surface area contributed by atoms with Crippen LogP contribution in [-0.2, 0) is 6.54 Å². The molecule has 0 saturated carbocycles. The van der Waals surface area contributed by atoms with Gasteiger partial charge in [0.15, 0.2) is 5.69 Å². The van der Waals surface area contributed by atoms with Crippen LogP contribution < -0.4 is 11.1 Å². The van der Waals surface area contributed by atoms with Crippen molar-refractivity contribution in [1.29, 1.82) is 0 Å². The van der Waals surface area contributed by atoms with Gasteiger partial charge in [-0.15, -0.1) is 5.10 Å². The third-order valence-corrected chi connectivity index (χ3v) is 2.45. The number of carbonyl (C=O) groups excluding carboxylic acids is 1. The summed E-state index contributed by atoms with van der Waals surface area (Å²) < 4.78 is 1.57. The van der Waals surface area contributed by atoms with Crippen LogP contribution in [0.25, 0.3) is 0 Å². The van der Waals surface area contributed by atoms with Gasteiger partial charge in [0, 0.05) is 13.1 Å². The van der Waals surface area contributed by atoms with E-state index in [2.05, 4.69) is 20.5 Å². The molecule has 102 valence electrons. The van der Waals surface area contributed by atoms with Gasteiger partial charge in [-0.2, -0.15) is 0 Å². The van der Waals surface area contributed by atoms with Crippen molar-refractivity contribution in [2.45, 2.75) is 19.4 Å². The highest BCUT2D eigenvalue weighted by Gasteiger charge is 2.09. The van der Waals surface area contributed by atoms with Crippen molar-refractivity contribution in [3.05, 3.63) is 11.9 Å². The fraction of sp³-hybridized carbons (Fsp3) is 0.727.